The summed E-state index contributed by atoms with van der Waals surface area (Å²) in [5.41, 5.74) is 3.05. The molecule has 9 heteroatoms. The fraction of sp³-hybridized carbons (Fsp3) is 0.130. The Labute approximate surface area is 186 Å². The molecule has 0 unspecified atom stereocenters. The molecule has 0 aliphatic rings. The van der Waals surface area contributed by atoms with Crippen LogP contribution >= 0.6 is 11.3 Å². The minimum Gasteiger partial charge on any atom is -0.484 e. The van der Waals surface area contributed by atoms with Gasteiger partial charge in [-0.3, -0.25) is 14.9 Å². The monoisotopic (exact) mass is 449 g/mol. The highest BCUT2D eigenvalue weighted by Crippen LogP contribution is 2.26. The maximum atomic E-state index is 12.3. The van der Waals surface area contributed by atoms with E-state index in [1.54, 1.807) is 30.3 Å². The van der Waals surface area contributed by atoms with Gasteiger partial charge in [0.1, 0.15) is 11.3 Å². The van der Waals surface area contributed by atoms with Crippen LogP contribution in [0.25, 0.3) is 22.2 Å². The molecule has 4 aromatic rings. The topological polar surface area (TPSA) is 111 Å². The summed E-state index contributed by atoms with van der Waals surface area (Å²) in [5.74, 6) is -0.0832. The van der Waals surface area contributed by atoms with E-state index in [0.29, 0.717) is 27.8 Å². The summed E-state index contributed by atoms with van der Waals surface area (Å²) >= 11 is 1.30. The molecule has 0 aliphatic carbocycles. The maximum Gasteiger partial charge on any atom is 0.336 e. The Hall–Kier alpha value is -3.98. The Bertz CT molecular complexity index is 1360. The van der Waals surface area contributed by atoms with Crippen molar-refractivity contribution in [2.24, 2.45) is 0 Å². The third-order valence-corrected chi connectivity index (χ3v) is 5.30. The van der Waals surface area contributed by atoms with Crippen molar-refractivity contribution < 1.29 is 18.7 Å². The van der Waals surface area contributed by atoms with E-state index in [4.69, 9.17) is 9.15 Å². The molecule has 0 atom stereocenters. The molecule has 0 fully saturated rings. The molecule has 162 valence electrons. The lowest BCUT2D eigenvalue weighted by Crippen LogP contribution is -2.20. The van der Waals surface area contributed by atoms with Crippen molar-refractivity contribution in [3.8, 4) is 17.0 Å². The molecule has 0 aliphatic heterocycles. The lowest BCUT2D eigenvalue weighted by Gasteiger charge is -2.07. The molecule has 0 spiro atoms. The second-order valence-corrected chi connectivity index (χ2v) is 7.90. The van der Waals surface area contributed by atoms with Crippen molar-refractivity contribution >= 4 is 44.9 Å². The Morgan fingerprint density at radius 1 is 1.09 bits per heavy atom. The highest BCUT2D eigenvalue weighted by atomic mass is 32.1. The summed E-state index contributed by atoms with van der Waals surface area (Å²) in [4.78, 5) is 39.4. The number of hydrogen-bond acceptors (Lipinski definition) is 7. The Morgan fingerprint density at radius 2 is 1.88 bits per heavy atom. The quantitative estimate of drug-likeness (QED) is 0.427. The zero-order chi connectivity index (χ0) is 22.7. The van der Waals surface area contributed by atoms with Gasteiger partial charge in [0.25, 0.3) is 5.91 Å². The van der Waals surface area contributed by atoms with Gasteiger partial charge < -0.3 is 14.5 Å². The van der Waals surface area contributed by atoms with Crippen LogP contribution in [0.15, 0.2) is 63.1 Å². The first-order valence-electron chi connectivity index (χ1n) is 9.68. The fourth-order valence-corrected chi connectivity index (χ4v) is 3.83. The molecule has 0 saturated heterocycles. The first-order valence-corrected chi connectivity index (χ1v) is 10.6. The number of ether oxygens (including phenoxy) is 1. The Balaban J connectivity index is 1.37. The second-order valence-electron chi connectivity index (χ2n) is 7.04. The van der Waals surface area contributed by atoms with Gasteiger partial charge >= 0.3 is 5.63 Å². The van der Waals surface area contributed by atoms with Gasteiger partial charge in [0.05, 0.1) is 5.69 Å². The number of hydrogen-bond donors (Lipinski definition) is 2. The lowest BCUT2D eigenvalue weighted by molar-refractivity contribution is -0.118. The van der Waals surface area contributed by atoms with E-state index in [0.717, 1.165) is 16.5 Å². The van der Waals surface area contributed by atoms with E-state index in [2.05, 4.69) is 15.6 Å². The molecular weight excluding hydrogens is 430 g/mol. The molecule has 4 rings (SSSR count). The third kappa shape index (κ3) is 5.01. The molecule has 8 nitrogen and oxygen atoms in total. The minimum absolute atomic E-state index is 0.137. The second kappa shape index (κ2) is 9.03. The average molecular weight is 449 g/mol. The zero-order valence-corrected chi connectivity index (χ0v) is 18.1. The molecule has 2 aromatic carbocycles. The number of aromatic nitrogens is 1. The van der Waals surface area contributed by atoms with Crippen molar-refractivity contribution in [1.82, 2.24) is 4.98 Å². The summed E-state index contributed by atoms with van der Waals surface area (Å²) in [7, 11) is 0. The first kappa shape index (κ1) is 21.3. The van der Waals surface area contributed by atoms with Gasteiger partial charge in [-0.2, -0.15) is 0 Å². The number of rotatable bonds is 6. The first-order chi connectivity index (χ1) is 15.4. The normalized spacial score (nSPS) is 10.7. The predicted molar refractivity (Wildman–Crippen MR) is 123 cm³/mol. The van der Waals surface area contributed by atoms with Gasteiger partial charge in [-0.15, -0.1) is 11.3 Å². The van der Waals surface area contributed by atoms with Gasteiger partial charge in [0.15, 0.2) is 11.7 Å². The Kier molecular flexibility index (Phi) is 6.00. The highest BCUT2D eigenvalue weighted by molar-refractivity contribution is 7.14. The van der Waals surface area contributed by atoms with Crippen LogP contribution in [-0.2, 0) is 9.59 Å². The van der Waals surface area contributed by atoms with Crippen LogP contribution in [-0.4, -0.2) is 23.4 Å². The summed E-state index contributed by atoms with van der Waals surface area (Å²) in [6, 6.07) is 13.8. The number of nitrogens with one attached hydrogen (secondary N) is 2. The molecular formula is C23H19N3O5S. The molecule has 0 saturated carbocycles. The van der Waals surface area contributed by atoms with E-state index in [1.807, 2.05) is 24.4 Å². The van der Waals surface area contributed by atoms with E-state index in [1.165, 1.54) is 24.3 Å². The number of fused-ring (bicyclic) bond motifs is 1. The number of thiazole rings is 1. The van der Waals surface area contributed by atoms with Crippen molar-refractivity contribution in [2.45, 2.75) is 13.8 Å². The number of amides is 2. The van der Waals surface area contributed by atoms with Gasteiger partial charge in [-0.1, -0.05) is 12.1 Å². The smallest absolute Gasteiger partial charge is 0.336 e. The lowest BCUT2D eigenvalue weighted by atomic mass is 10.1. The van der Waals surface area contributed by atoms with Crippen LogP contribution in [0.1, 0.15) is 12.5 Å². The minimum atomic E-state index is -0.436. The number of anilines is 2. The van der Waals surface area contributed by atoms with Crippen LogP contribution in [0, 0.1) is 6.92 Å². The standard InChI is InChI=1S/C23H19N3O5S/c1-13-9-22(29)31-20-10-17(7-8-18(13)20)30-11-21(28)26-23-25-19(12-32-23)15-3-5-16(6-4-15)24-14(2)27/h3-10,12H,11H2,1-2H3,(H,24,27)(H,25,26,28). The number of aryl methyl sites for hydroxylation is 1. The van der Waals surface area contributed by atoms with Crippen molar-refractivity contribution in [3.05, 3.63) is 69.9 Å². The largest absolute Gasteiger partial charge is 0.484 e. The molecule has 2 amide bonds. The van der Waals surface area contributed by atoms with Crippen LogP contribution in [0.2, 0.25) is 0 Å². The van der Waals surface area contributed by atoms with E-state index in [-0.39, 0.29) is 18.4 Å². The van der Waals surface area contributed by atoms with Gasteiger partial charge in [0.2, 0.25) is 5.91 Å². The van der Waals surface area contributed by atoms with Crippen LogP contribution in [0.4, 0.5) is 10.8 Å². The number of carbonyl (C=O) groups excluding carboxylic acids is 2. The fourth-order valence-electron chi connectivity index (χ4n) is 3.09. The summed E-state index contributed by atoms with van der Waals surface area (Å²) in [6.45, 7) is 3.06. The van der Waals surface area contributed by atoms with Crippen molar-refractivity contribution in [2.75, 3.05) is 17.2 Å². The number of benzene rings is 2. The summed E-state index contributed by atoms with van der Waals surface area (Å²) in [6.07, 6.45) is 0. The van der Waals surface area contributed by atoms with E-state index < -0.39 is 5.63 Å². The molecule has 2 heterocycles. The molecule has 0 radical (unpaired) electrons. The van der Waals surface area contributed by atoms with Gasteiger partial charge in [0, 0.05) is 41.1 Å². The van der Waals surface area contributed by atoms with Crippen molar-refractivity contribution in [3.63, 3.8) is 0 Å². The number of nitrogens with zero attached hydrogens (tertiary/aromatic N) is 1. The van der Waals surface area contributed by atoms with Crippen LogP contribution in [0.3, 0.4) is 0 Å². The highest BCUT2D eigenvalue weighted by Gasteiger charge is 2.10. The van der Waals surface area contributed by atoms with Gasteiger partial charge in [-0.25, -0.2) is 9.78 Å². The van der Waals surface area contributed by atoms with Crippen molar-refractivity contribution in [1.29, 1.82) is 0 Å². The average Bonchev–Trinajstić information content (AvgIpc) is 3.20. The van der Waals surface area contributed by atoms with Crippen LogP contribution in [0.5, 0.6) is 5.75 Å². The molecule has 32 heavy (non-hydrogen) atoms. The third-order valence-electron chi connectivity index (χ3n) is 4.54. The maximum absolute atomic E-state index is 12.3. The molecule has 2 N–H and O–H groups in total. The Morgan fingerprint density at radius 3 is 2.62 bits per heavy atom. The predicted octanol–water partition coefficient (Wildman–Crippen LogP) is 4.20. The number of carbonyl (C=O) groups is 2. The summed E-state index contributed by atoms with van der Waals surface area (Å²) in [5, 5.41) is 8.50. The van der Waals surface area contributed by atoms with E-state index in [9.17, 15) is 14.4 Å². The van der Waals surface area contributed by atoms with Gasteiger partial charge in [-0.05, 0) is 36.8 Å². The summed E-state index contributed by atoms with van der Waals surface area (Å²) < 4.78 is 10.7. The molecule has 2 aromatic heterocycles. The zero-order valence-electron chi connectivity index (χ0n) is 17.3. The molecule has 0 bridgehead atoms. The van der Waals surface area contributed by atoms with E-state index >= 15 is 0 Å². The SMILES string of the molecule is CC(=O)Nc1ccc(-c2csc(NC(=O)COc3ccc4c(C)cc(=O)oc4c3)n2)cc1. The van der Waals surface area contributed by atoms with Crippen LogP contribution < -0.4 is 21.0 Å².